The third-order valence-electron chi connectivity index (χ3n) is 2.18. The average Bonchev–Trinajstić information content (AvgIpc) is 2.21. The fourth-order valence-electron chi connectivity index (χ4n) is 1.39. The van der Waals surface area contributed by atoms with E-state index in [0.717, 1.165) is 0 Å². The maximum atomic E-state index is 13.6. The maximum Gasteiger partial charge on any atom is 0.168 e. The van der Waals surface area contributed by atoms with Gasteiger partial charge in [0.05, 0.1) is 7.11 Å². The van der Waals surface area contributed by atoms with Crippen LogP contribution in [0.15, 0.2) is 18.2 Å². The van der Waals surface area contributed by atoms with Gasteiger partial charge in [0.25, 0.3) is 0 Å². The molecular weight excluding hydrogens is 200 g/mol. The Labute approximate surface area is 88.0 Å². The van der Waals surface area contributed by atoms with E-state index in [4.69, 9.17) is 10.5 Å². The van der Waals surface area contributed by atoms with Crippen LogP contribution in [0.3, 0.4) is 0 Å². The van der Waals surface area contributed by atoms with Crippen LogP contribution < -0.4 is 10.5 Å². The summed E-state index contributed by atoms with van der Waals surface area (Å²) in [6.07, 6.45) is -0.812. The van der Waals surface area contributed by atoms with Gasteiger partial charge in [-0.05, 0) is 24.6 Å². The molecule has 0 aromatic heterocycles. The molecule has 1 aromatic carbocycles. The van der Waals surface area contributed by atoms with E-state index in [-0.39, 0.29) is 25.1 Å². The summed E-state index contributed by atoms with van der Waals surface area (Å²) in [5.41, 5.74) is 5.55. The normalized spacial score (nSPS) is 12.5. The molecule has 2 N–H and O–H groups in total. The molecule has 1 atom stereocenters. The van der Waals surface area contributed by atoms with E-state index in [2.05, 4.69) is 0 Å². The van der Waals surface area contributed by atoms with Gasteiger partial charge in [0.1, 0.15) is 6.17 Å². The van der Waals surface area contributed by atoms with Gasteiger partial charge < -0.3 is 10.5 Å². The molecule has 0 saturated carbocycles. The van der Waals surface area contributed by atoms with Crippen molar-refractivity contribution < 1.29 is 13.5 Å². The Morgan fingerprint density at radius 1 is 1.47 bits per heavy atom. The highest BCUT2D eigenvalue weighted by Crippen LogP contribution is 2.21. The lowest BCUT2D eigenvalue weighted by atomic mass is 10.1. The van der Waals surface area contributed by atoms with E-state index in [0.29, 0.717) is 5.56 Å². The molecule has 0 spiro atoms. The smallest absolute Gasteiger partial charge is 0.168 e. The van der Waals surface area contributed by atoms with Crippen LogP contribution >= 0.6 is 0 Å². The molecule has 84 valence electrons. The van der Waals surface area contributed by atoms with Gasteiger partial charge in [0.2, 0.25) is 0 Å². The second-order valence-corrected chi connectivity index (χ2v) is 3.31. The highest BCUT2D eigenvalue weighted by atomic mass is 19.1. The minimum Gasteiger partial charge on any atom is -0.494 e. The van der Waals surface area contributed by atoms with E-state index in [1.165, 1.54) is 13.2 Å². The van der Waals surface area contributed by atoms with E-state index >= 15 is 0 Å². The first kappa shape index (κ1) is 11.9. The minimum atomic E-state index is -1.10. The minimum absolute atomic E-state index is 0.0419. The Hall–Kier alpha value is -1.16. The molecule has 0 amide bonds. The van der Waals surface area contributed by atoms with Crippen molar-refractivity contribution in [3.05, 3.63) is 29.6 Å². The maximum absolute atomic E-state index is 13.6. The van der Waals surface area contributed by atoms with Gasteiger partial charge in [-0.2, -0.15) is 0 Å². The van der Waals surface area contributed by atoms with Crippen molar-refractivity contribution in [2.75, 3.05) is 13.7 Å². The van der Waals surface area contributed by atoms with Gasteiger partial charge >= 0.3 is 0 Å². The zero-order valence-corrected chi connectivity index (χ0v) is 8.67. The van der Waals surface area contributed by atoms with Crippen LogP contribution in [0, 0.1) is 5.82 Å². The highest BCUT2D eigenvalue weighted by molar-refractivity contribution is 5.31. The number of rotatable bonds is 5. The Morgan fingerprint density at radius 3 is 2.80 bits per heavy atom. The summed E-state index contributed by atoms with van der Waals surface area (Å²) in [6, 6.07) is 4.71. The number of ether oxygens (including phenoxy) is 1. The summed E-state index contributed by atoms with van der Waals surface area (Å²) in [6.45, 7) is 0.271. The van der Waals surface area contributed by atoms with E-state index in [1.54, 1.807) is 12.1 Å². The summed E-state index contributed by atoms with van der Waals surface area (Å²) >= 11 is 0. The fraction of sp³-hybridized carbons (Fsp3) is 0.455. The molecule has 0 radical (unpaired) electrons. The van der Waals surface area contributed by atoms with Crippen molar-refractivity contribution in [2.45, 2.75) is 19.0 Å². The van der Waals surface area contributed by atoms with Crippen LogP contribution in [0.2, 0.25) is 0 Å². The zero-order valence-electron chi connectivity index (χ0n) is 8.67. The molecule has 0 saturated heterocycles. The van der Waals surface area contributed by atoms with Crippen molar-refractivity contribution in [2.24, 2.45) is 5.73 Å². The summed E-state index contributed by atoms with van der Waals surface area (Å²) in [4.78, 5) is 0. The number of hydrogen-bond acceptors (Lipinski definition) is 2. The third-order valence-corrected chi connectivity index (χ3v) is 2.18. The molecule has 2 nitrogen and oxygen atoms in total. The summed E-state index contributed by atoms with van der Waals surface area (Å²) in [5.74, 6) is -0.341. The van der Waals surface area contributed by atoms with Crippen molar-refractivity contribution >= 4 is 0 Å². The quantitative estimate of drug-likeness (QED) is 0.816. The highest BCUT2D eigenvalue weighted by Gasteiger charge is 2.13. The molecule has 0 heterocycles. The molecule has 0 fully saturated rings. The van der Waals surface area contributed by atoms with Gasteiger partial charge in [0.15, 0.2) is 11.6 Å². The Kier molecular flexibility index (Phi) is 4.49. The van der Waals surface area contributed by atoms with Gasteiger partial charge in [-0.15, -0.1) is 0 Å². The monoisotopic (exact) mass is 215 g/mol. The van der Waals surface area contributed by atoms with Gasteiger partial charge in [-0.25, -0.2) is 8.78 Å². The largest absolute Gasteiger partial charge is 0.494 e. The van der Waals surface area contributed by atoms with Crippen molar-refractivity contribution in [1.82, 2.24) is 0 Å². The second kappa shape index (κ2) is 5.66. The Bertz CT molecular complexity index is 317. The number of halogens is 2. The SMILES string of the molecule is COc1cccc(CC(F)CCN)c1F. The fourth-order valence-corrected chi connectivity index (χ4v) is 1.39. The van der Waals surface area contributed by atoms with Crippen LogP contribution in [-0.2, 0) is 6.42 Å². The number of nitrogens with two attached hydrogens (primary N) is 1. The zero-order chi connectivity index (χ0) is 11.3. The molecule has 1 rings (SSSR count). The number of hydrogen-bond donors (Lipinski definition) is 1. The van der Waals surface area contributed by atoms with E-state index in [1.807, 2.05) is 0 Å². The Balaban J connectivity index is 2.76. The number of methoxy groups -OCH3 is 1. The molecule has 0 bridgehead atoms. The molecule has 1 aromatic rings. The van der Waals surface area contributed by atoms with E-state index < -0.39 is 12.0 Å². The van der Waals surface area contributed by atoms with Gasteiger partial charge in [-0.1, -0.05) is 12.1 Å². The first-order chi connectivity index (χ1) is 7.19. The standard InChI is InChI=1S/C11H15F2NO/c1-15-10-4-2-3-8(11(10)13)7-9(12)5-6-14/h2-4,9H,5-7,14H2,1H3. The molecule has 0 aliphatic carbocycles. The van der Waals surface area contributed by atoms with E-state index in [9.17, 15) is 8.78 Å². The van der Waals surface area contributed by atoms with Gasteiger partial charge in [0, 0.05) is 6.42 Å². The van der Waals surface area contributed by atoms with Crippen LogP contribution in [0.25, 0.3) is 0 Å². The number of alkyl halides is 1. The first-order valence-electron chi connectivity index (χ1n) is 4.84. The average molecular weight is 215 g/mol. The predicted molar refractivity (Wildman–Crippen MR) is 55.2 cm³/mol. The Morgan fingerprint density at radius 2 is 2.20 bits per heavy atom. The first-order valence-corrected chi connectivity index (χ1v) is 4.84. The molecular formula is C11H15F2NO. The van der Waals surface area contributed by atoms with Crippen molar-refractivity contribution in [1.29, 1.82) is 0 Å². The molecule has 4 heteroatoms. The molecule has 1 unspecified atom stereocenters. The van der Waals surface area contributed by atoms with Gasteiger partial charge in [-0.3, -0.25) is 0 Å². The third kappa shape index (κ3) is 3.16. The number of benzene rings is 1. The summed E-state index contributed by atoms with van der Waals surface area (Å²) in [7, 11) is 1.38. The second-order valence-electron chi connectivity index (χ2n) is 3.31. The molecule has 0 aliphatic rings. The summed E-state index contributed by atoms with van der Waals surface area (Å²) in [5, 5.41) is 0. The van der Waals surface area contributed by atoms with Crippen LogP contribution in [0.1, 0.15) is 12.0 Å². The topological polar surface area (TPSA) is 35.2 Å². The van der Waals surface area contributed by atoms with Crippen LogP contribution in [0.4, 0.5) is 8.78 Å². The molecule has 0 aliphatic heterocycles. The lowest BCUT2D eigenvalue weighted by molar-refractivity contribution is 0.311. The lowest BCUT2D eigenvalue weighted by Gasteiger charge is -2.09. The van der Waals surface area contributed by atoms with Crippen LogP contribution in [0.5, 0.6) is 5.75 Å². The summed E-state index contributed by atoms with van der Waals surface area (Å²) < 4.78 is 31.6. The molecule has 15 heavy (non-hydrogen) atoms. The van der Waals surface area contributed by atoms with Crippen molar-refractivity contribution in [3.8, 4) is 5.75 Å². The van der Waals surface area contributed by atoms with Crippen LogP contribution in [-0.4, -0.2) is 19.8 Å². The lowest BCUT2D eigenvalue weighted by Crippen LogP contribution is -2.12. The van der Waals surface area contributed by atoms with Crippen molar-refractivity contribution in [3.63, 3.8) is 0 Å². The predicted octanol–water partition coefficient (Wildman–Crippen LogP) is 2.06.